The quantitative estimate of drug-likeness (QED) is 0.758. The van der Waals surface area contributed by atoms with E-state index in [1.165, 1.54) is 7.11 Å². The molecule has 0 bridgehead atoms. The van der Waals surface area contributed by atoms with E-state index in [1.54, 1.807) is 6.07 Å². The van der Waals surface area contributed by atoms with Crippen molar-refractivity contribution in [2.75, 3.05) is 19.0 Å². The van der Waals surface area contributed by atoms with Crippen molar-refractivity contribution in [3.63, 3.8) is 0 Å². The highest BCUT2D eigenvalue weighted by Crippen LogP contribution is 2.29. The molecule has 0 aliphatic heterocycles. The van der Waals surface area contributed by atoms with E-state index in [0.717, 1.165) is 11.1 Å². The average Bonchev–Trinajstić information content (AvgIpc) is 2.26. The lowest BCUT2D eigenvalue weighted by molar-refractivity contribution is -0.135. The van der Waals surface area contributed by atoms with Crippen LogP contribution in [0, 0.1) is 13.8 Å². The van der Waals surface area contributed by atoms with Gasteiger partial charge in [0.2, 0.25) is 0 Å². The zero-order chi connectivity index (χ0) is 13.7. The number of methoxy groups -OCH3 is 1. The molecule has 0 aliphatic carbocycles. The van der Waals surface area contributed by atoms with Crippen LogP contribution in [0.4, 0.5) is 10.5 Å². The fourth-order valence-corrected chi connectivity index (χ4v) is 1.64. The van der Waals surface area contributed by atoms with E-state index in [-0.39, 0.29) is 0 Å². The Kier molecular flexibility index (Phi) is 4.53. The molecular formula is C12H16N2O4. The lowest BCUT2D eigenvalue weighted by atomic mass is 10.1. The van der Waals surface area contributed by atoms with Gasteiger partial charge in [-0.25, -0.2) is 4.79 Å². The monoisotopic (exact) mass is 252 g/mol. The maximum absolute atomic E-state index is 11.5. The van der Waals surface area contributed by atoms with Gasteiger partial charge in [-0.15, -0.1) is 0 Å². The molecular weight excluding hydrogens is 236 g/mol. The molecule has 2 amide bonds. The number of hydrogen-bond donors (Lipinski definition) is 3. The number of benzene rings is 1. The summed E-state index contributed by atoms with van der Waals surface area (Å²) in [6.45, 7) is 3.33. The van der Waals surface area contributed by atoms with Crippen LogP contribution in [-0.2, 0) is 4.79 Å². The van der Waals surface area contributed by atoms with Gasteiger partial charge in [-0.3, -0.25) is 4.79 Å². The van der Waals surface area contributed by atoms with Crippen molar-refractivity contribution in [3.8, 4) is 5.75 Å². The largest absolute Gasteiger partial charge is 0.494 e. The molecule has 98 valence electrons. The van der Waals surface area contributed by atoms with Crippen molar-refractivity contribution < 1.29 is 19.4 Å². The molecule has 1 rings (SSSR count). The summed E-state index contributed by atoms with van der Waals surface area (Å²) < 4.78 is 5.20. The van der Waals surface area contributed by atoms with Gasteiger partial charge in [-0.2, -0.15) is 0 Å². The summed E-state index contributed by atoms with van der Waals surface area (Å²) in [5.41, 5.74) is 2.38. The van der Waals surface area contributed by atoms with Crippen LogP contribution >= 0.6 is 0 Å². The van der Waals surface area contributed by atoms with Crippen molar-refractivity contribution in [1.82, 2.24) is 5.32 Å². The highest BCUT2D eigenvalue weighted by atomic mass is 16.5. The third-order valence-corrected chi connectivity index (χ3v) is 2.27. The number of aryl methyl sites for hydroxylation is 2. The molecule has 0 aliphatic rings. The number of amides is 2. The second-order valence-electron chi connectivity index (χ2n) is 3.86. The molecule has 0 heterocycles. The van der Waals surface area contributed by atoms with Crippen molar-refractivity contribution >= 4 is 17.7 Å². The Morgan fingerprint density at radius 3 is 2.56 bits per heavy atom. The molecule has 6 nitrogen and oxygen atoms in total. The Morgan fingerprint density at radius 2 is 2.00 bits per heavy atom. The predicted octanol–water partition coefficient (Wildman–Crippen LogP) is 1.52. The van der Waals surface area contributed by atoms with E-state index in [4.69, 9.17) is 9.84 Å². The predicted molar refractivity (Wildman–Crippen MR) is 67.1 cm³/mol. The second kappa shape index (κ2) is 5.90. The molecule has 0 spiro atoms. The van der Waals surface area contributed by atoms with Crippen molar-refractivity contribution in [1.29, 1.82) is 0 Å². The Bertz CT molecular complexity index is 471. The molecule has 0 radical (unpaired) electrons. The Balaban J connectivity index is 2.83. The van der Waals surface area contributed by atoms with E-state index in [9.17, 15) is 9.59 Å². The first-order chi connectivity index (χ1) is 8.43. The summed E-state index contributed by atoms with van der Waals surface area (Å²) in [6.07, 6.45) is 0. The minimum atomic E-state index is -1.10. The number of anilines is 1. The van der Waals surface area contributed by atoms with E-state index < -0.39 is 18.5 Å². The van der Waals surface area contributed by atoms with Crippen LogP contribution in [0.2, 0.25) is 0 Å². The van der Waals surface area contributed by atoms with E-state index in [1.807, 2.05) is 19.9 Å². The number of aliphatic carboxylic acids is 1. The van der Waals surface area contributed by atoms with Gasteiger partial charge in [0.05, 0.1) is 12.8 Å². The molecule has 1 aromatic rings. The number of hydrogen-bond acceptors (Lipinski definition) is 3. The van der Waals surface area contributed by atoms with Gasteiger partial charge in [0.1, 0.15) is 12.3 Å². The first-order valence-electron chi connectivity index (χ1n) is 5.36. The standard InChI is InChI=1S/C12H16N2O4/c1-7-4-8(2)11(18-3)9(5-7)14-12(17)13-6-10(15)16/h4-5H,6H2,1-3H3,(H,15,16)(H2,13,14,17). The van der Waals surface area contributed by atoms with Gasteiger partial charge < -0.3 is 20.5 Å². The summed E-state index contributed by atoms with van der Waals surface area (Å²) in [4.78, 5) is 21.8. The molecule has 0 aromatic heterocycles. The number of carboxylic acid groups (broad SMARTS) is 1. The first kappa shape index (κ1) is 13.8. The fraction of sp³-hybridized carbons (Fsp3) is 0.333. The van der Waals surface area contributed by atoms with Crippen LogP contribution in [-0.4, -0.2) is 30.8 Å². The number of urea groups is 1. The van der Waals surface area contributed by atoms with Crippen LogP contribution in [0.3, 0.4) is 0 Å². The van der Waals surface area contributed by atoms with Crippen molar-refractivity contribution in [2.45, 2.75) is 13.8 Å². The number of carboxylic acids is 1. The van der Waals surface area contributed by atoms with Gasteiger partial charge in [0.25, 0.3) is 0 Å². The topological polar surface area (TPSA) is 87.7 Å². The first-order valence-corrected chi connectivity index (χ1v) is 5.36. The molecule has 0 atom stereocenters. The van der Waals surface area contributed by atoms with Crippen LogP contribution < -0.4 is 15.4 Å². The van der Waals surface area contributed by atoms with Crippen LogP contribution in [0.1, 0.15) is 11.1 Å². The molecule has 0 saturated carbocycles. The number of rotatable bonds is 4. The summed E-state index contributed by atoms with van der Waals surface area (Å²) in [6, 6.07) is 3.10. The van der Waals surface area contributed by atoms with Crippen molar-refractivity contribution in [3.05, 3.63) is 23.3 Å². The van der Waals surface area contributed by atoms with E-state index in [2.05, 4.69) is 10.6 Å². The number of carbonyl (C=O) groups excluding carboxylic acids is 1. The minimum Gasteiger partial charge on any atom is -0.494 e. The van der Waals surface area contributed by atoms with E-state index >= 15 is 0 Å². The summed E-state index contributed by atoms with van der Waals surface area (Å²) >= 11 is 0. The molecule has 0 fully saturated rings. The third-order valence-electron chi connectivity index (χ3n) is 2.27. The smallest absolute Gasteiger partial charge is 0.323 e. The lowest BCUT2D eigenvalue weighted by Crippen LogP contribution is -2.33. The Labute approximate surface area is 105 Å². The van der Waals surface area contributed by atoms with E-state index in [0.29, 0.717) is 11.4 Å². The third kappa shape index (κ3) is 3.65. The van der Waals surface area contributed by atoms with Crippen LogP contribution in [0.25, 0.3) is 0 Å². The van der Waals surface area contributed by atoms with Gasteiger partial charge in [0.15, 0.2) is 0 Å². The van der Waals surface area contributed by atoms with Crippen LogP contribution in [0.5, 0.6) is 5.75 Å². The Morgan fingerprint density at radius 1 is 1.33 bits per heavy atom. The van der Waals surface area contributed by atoms with Gasteiger partial charge in [0, 0.05) is 0 Å². The minimum absolute atomic E-state index is 0.432. The van der Waals surface area contributed by atoms with Gasteiger partial charge >= 0.3 is 12.0 Å². The average molecular weight is 252 g/mol. The maximum Gasteiger partial charge on any atom is 0.323 e. The SMILES string of the molecule is COc1c(C)cc(C)cc1NC(=O)NCC(=O)O. The molecule has 18 heavy (non-hydrogen) atoms. The van der Waals surface area contributed by atoms with Crippen molar-refractivity contribution in [2.24, 2.45) is 0 Å². The molecule has 0 unspecified atom stereocenters. The highest BCUT2D eigenvalue weighted by Gasteiger charge is 2.11. The normalized spacial score (nSPS) is 9.72. The maximum atomic E-state index is 11.5. The molecule has 0 saturated heterocycles. The number of ether oxygens (including phenoxy) is 1. The number of nitrogens with one attached hydrogen (secondary N) is 2. The highest BCUT2D eigenvalue weighted by molar-refractivity contribution is 5.93. The Hall–Kier alpha value is -2.24. The molecule has 3 N–H and O–H groups in total. The molecule has 6 heteroatoms. The van der Waals surface area contributed by atoms with Gasteiger partial charge in [-0.05, 0) is 31.0 Å². The molecule has 1 aromatic carbocycles. The fourth-order valence-electron chi connectivity index (χ4n) is 1.64. The summed E-state index contributed by atoms with van der Waals surface area (Å²) in [5.74, 6) is -0.538. The summed E-state index contributed by atoms with van der Waals surface area (Å²) in [5, 5.41) is 13.2. The second-order valence-corrected chi connectivity index (χ2v) is 3.86. The van der Waals surface area contributed by atoms with Gasteiger partial charge in [-0.1, -0.05) is 6.07 Å². The van der Waals surface area contributed by atoms with Crippen LogP contribution in [0.15, 0.2) is 12.1 Å². The zero-order valence-electron chi connectivity index (χ0n) is 10.5. The summed E-state index contributed by atoms with van der Waals surface area (Å²) in [7, 11) is 1.51. The lowest BCUT2D eigenvalue weighted by Gasteiger charge is -2.13. The zero-order valence-corrected chi connectivity index (χ0v) is 10.5. The number of carbonyl (C=O) groups is 2.